The lowest BCUT2D eigenvalue weighted by Gasteiger charge is -2.30. The summed E-state index contributed by atoms with van der Waals surface area (Å²) in [5.41, 5.74) is 8.92. The fourth-order valence-corrected chi connectivity index (χ4v) is 4.42. The van der Waals surface area contributed by atoms with E-state index in [1.807, 2.05) is 0 Å². The zero-order valence-electron chi connectivity index (χ0n) is 12.9. The van der Waals surface area contributed by atoms with Crippen molar-refractivity contribution in [3.05, 3.63) is 29.8 Å². The highest BCUT2D eigenvalue weighted by molar-refractivity contribution is 5.54. The standard InChI is InChI=1S/C18H28N2/c1-3-17(19)16-6-4-5-7-18(16)20(2)12-15-11-13-8-9-14(15)10-13/h4-7,13-15,17H,3,8-12,19H2,1-2H3/t13?,14?,15?,17-/m0/s1. The Balaban J connectivity index is 1.72. The van der Waals surface area contributed by atoms with E-state index in [4.69, 9.17) is 5.73 Å². The van der Waals surface area contributed by atoms with Gasteiger partial charge in [-0.1, -0.05) is 31.5 Å². The number of benzene rings is 1. The van der Waals surface area contributed by atoms with Gasteiger partial charge in [-0.3, -0.25) is 0 Å². The quantitative estimate of drug-likeness (QED) is 0.879. The first kappa shape index (κ1) is 13.9. The molecule has 2 bridgehead atoms. The van der Waals surface area contributed by atoms with Crippen LogP contribution < -0.4 is 10.6 Å². The van der Waals surface area contributed by atoms with Crippen LogP contribution in [-0.2, 0) is 0 Å². The van der Waals surface area contributed by atoms with E-state index in [-0.39, 0.29) is 6.04 Å². The number of hydrogen-bond acceptors (Lipinski definition) is 2. The van der Waals surface area contributed by atoms with E-state index in [1.165, 1.54) is 43.5 Å². The molecule has 20 heavy (non-hydrogen) atoms. The summed E-state index contributed by atoms with van der Waals surface area (Å²) in [6.07, 6.45) is 6.91. The summed E-state index contributed by atoms with van der Waals surface area (Å²) in [7, 11) is 2.24. The summed E-state index contributed by atoms with van der Waals surface area (Å²) >= 11 is 0. The summed E-state index contributed by atoms with van der Waals surface area (Å²) in [5, 5.41) is 0. The maximum Gasteiger partial charge on any atom is 0.0412 e. The molecule has 0 amide bonds. The monoisotopic (exact) mass is 272 g/mol. The van der Waals surface area contributed by atoms with E-state index in [0.717, 1.165) is 24.2 Å². The Labute approximate surface area is 123 Å². The predicted molar refractivity (Wildman–Crippen MR) is 85.9 cm³/mol. The molecular formula is C18H28N2. The molecule has 110 valence electrons. The van der Waals surface area contributed by atoms with Gasteiger partial charge in [0.05, 0.1) is 0 Å². The van der Waals surface area contributed by atoms with Crippen molar-refractivity contribution in [3.8, 4) is 0 Å². The van der Waals surface area contributed by atoms with Crippen LogP contribution in [0.2, 0.25) is 0 Å². The normalized spacial score (nSPS) is 29.6. The van der Waals surface area contributed by atoms with Gasteiger partial charge in [-0.25, -0.2) is 0 Å². The summed E-state index contributed by atoms with van der Waals surface area (Å²) in [4.78, 5) is 2.45. The van der Waals surface area contributed by atoms with Crippen LogP contribution in [0.25, 0.3) is 0 Å². The molecule has 0 aliphatic heterocycles. The minimum absolute atomic E-state index is 0.161. The zero-order valence-corrected chi connectivity index (χ0v) is 12.9. The molecular weight excluding hydrogens is 244 g/mol. The van der Waals surface area contributed by atoms with Crippen molar-refractivity contribution in [1.29, 1.82) is 0 Å². The van der Waals surface area contributed by atoms with E-state index >= 15 is 0 Å². The molecule has 2 fully saturated rings. The lowest BCUT2D eigenvalue weighted by Crippen LogP contribution is -2.30. The number of hydrogen-bond donors (Lipinski definition) is 1. The Morgan fingerprint density at radius 2 is 2.05 bits per heavy atom. The first-order valence-corrected chi connectivity index (χ1v) is 8.24. The molecule has 3 unspecified atom stereocenters. The van der Waals surface area contributed by atoms with Crippen molar-refractivity contribution in [2.75, 3.05) is 18.5 Å². The van der Waals surface area contributed by atoms with Crippen molar-refractivity contribution in [2.45, 2.75) is 45.1 Å². The van der Waals surface area contributed by atoms with Crippen LogP contribution in [0.5, 0.6) is 0 Å². The van der Waals surface area contributed by atoms with Gasteiger partial charge in [0, 0.05) is 25.3 Å². The second-order valence-electron chi connectivity index (χ2n) is 6.89. The summed E-state index contributed by atoms with van der Waals surface area (Å²) < 4.78 is 0. The van der Waals surface area contributed by atoms with Crippen molar-refractivity contribution >= 4 is 5.69 Å². The first-order chi connectivity index (χ1) is 9.69. The largest absolute Gasteiger partial charge is 0.374 e. The molecule has 0 saturated heterocycles. The highest BCUT2D eigenvalue weighted by Crippen LogP contribution is 2.48. The van der Waals surface area contributed by atoms with Crippen molar-refractivity contribution in [3.63, 3.8) is 0 Å². The van der Waals surface area contributed by atoms with Gasteiger partial charge in [-0.2, -0.15) is 0 Å². The predicted octanol–water partition coefficient (Wildman–Crippen LogP) is 3.97. The summed E-state index contributed by atoms with van der Waals surface area (Å²) in [6, 6.07) is 8.84. The third-order valence-electron chi connectivity index (χ3n) is 5.58. The van der Waals surface area contributed by atoms with Gasteiger partial charge in [0.1, 0.15) is 0 Å². The minimum atomic E-state index is 0.161. The van der Waals surface area contributed by atoms with Gasteiger partial charge in [-0.05, 0) is 55.1 Å². The maximum absolute atomic E-state index is 6.27. The molecule has 2 aliphatic rings. The van der Waals surface area contributed by atoms with Crippen LogP contribution in [-0.4, -0.2) is 13.6 Å². The van der Waals surface area contributed by atoms with Crippen LogP contribution in [0, 0.1) is 17.8 Å². The van der Waals surface area contributed by atoms with Gasteiger partial charge in [-0.15, -0.1) is 0 Å². The number of anilines is 1. The van der Waals surface area contributed by atoms with Gasteiger partial charge in [0.2, 0.25) is 0 Å². The van der Waals surface area contributed by atoms with E-state index in [9.17, 15) is 0 Å². The fraction of sp³-hybridized carbons (Fsp3) is 0.667. The first-order valence-electron chi connectivity index (χ1n) is 8.24. The van der Waals surface area contributed by atoms with Gasteiger partial charge >= 0.3 is 0 Å². The zero-order chi connectivity index (χ0) is 14.1. The van der Waals surface area contributed by atoms with Crippen molar-refractivity contribution in [1.82, 2.24) is 0 Å². The molecule has 3 rings (SSSR count). The molecule has 0 aromatic heterocycles. The second kappa shape index (κ2) is 5.77. The minimum Gasteiger partial charge on any atom is -0.374 e. The average Bonchev–Trinajstić information content (AvgIpc) is 3.09. The van der Waals surface area contributed by atoms with Crippen molar-refractivity contribution < 1.29 is 0 Å². The molecule has 2 N–H and O–H groups in total. The van der Waals surface area contributed by atoms with E-state index < -0.39 is 0 Å². The Hall–Kier alpha value is -1.02. The molecule has 0 spiro atoms. The van der Waals surface area contributed by atoms with Crippen LogP contribution in [0.15, 0.2) is 24.3 Å². The lowest BCUT2D eigenvalue weighted by molar-refractivity contribution is 0.337. The molecule has 0 radical (unpaired) electrons. The topological polar surface area (TPSA) is 29.3 Å². The Morgan fingerprint density at radius 1 is 1.25 bits per heavy atom. The number of fused-ring (bicyclic) bond motifs is 2. The van der Waals surface area contributed by atoms with Gasteiger partial charge in [0.25, 0.3) is 0 Å². The Morgan fingerprint density at radius 3 is 2.70 bits per heavy atom. The van der Waals surface area contributed by atoms with Crippen LogP contribution in [0.3, 0.4) is 0 Å². The van der Waals surface area contributed by atoms with Crippen LogP contribution in [0.4, 0.5) is 5.69 Å². The average molecular weight is 272 g/mol. The highest BCUT2D eigenvalue weighted by atomic mass is 15.1. The lowest BCUT2D eigenvalue weighted by atomic mass is 9.88. The van der Waals surface area contributed by atoms with Crippen molar-refractivity contribution in [2.24, 2.45) is 23.5 Å². The number of para-hydroxylation sites is 1. The molecule has 2 nitrogen and oxygen atoms in total. The molecule has 2 aliphatic carbocycles. The number of nitrogens with two attached hydrogens (primary N) is 1. The van der Waals surface area contributed by atoms with Crippen LogP contribution in [0.1, 0.15) is 50.6 Å². The Bertz CT molecular complexity index is 456. The fourth-order valence-electron chi connectivity index (χ4n) is 4.42. The Kier molecular flexibility index (Phi) is 4.02. The van der Waals surface area contributed by atoms with E-state index in [2.05, 4.69) is 43.1 Å². The molecule has 0 heterocycles. The smallest absolute Gasteiger partial charge is 0.0412 e. The van der Waals surface area contributed by atoms with Gasteiger partial charge < -0.3 is 10.6 Å². The summed E-state index contributed by atoms with van der Waals surface area (Å²) in [5.74, 6) is 2.94. The number of nitrogens with zero attached hydrogens (tertiary/aromatic N) is 1. The molecule has 2 saturated carbocycles. The third-order valence-corrected chi connectivity index (χ3v) is 5.58. The SMILES string of the molecule is CC[C@H](N)c1ccccc1N(C)CC1CC2CCC1C2. The van der Waals surface area contributed by atoms with E-state index in [1.54, 1.807) is 0 Å². The van der Waals surface area contributed by atoms with Crippen LogP contribution >= 0.6 is 0 Å². The number of rotatable bonds is 5. The second-order valence-corrected chi connectivity index (χ2v) is 6.89. The van der Waals surface area contributed by atoms with Gasteiger partial charge in [0.15, 0.2) is 0 Å². The molecule has 1 aromatic rings. The summed E-state index contributed by atoms with van der Waals surface area (Å²) in [6.45, 7) is 3.37. The van der Waals surface area contributed by atoms with E-state index in [0.29, 0.717) is 0 Å². The third kappa shape index (κ3) is 2.58. The maximum atomic E-state index is 6.27. The molecule has 2 heteroatoms. The molecule has 1 aromatic carbocycles. The molecule has 4 atom stereocenters. The highest BCUT2D eigenvalue weighted by Gasteiger charge is 2.39.